The Balaban J connectivity index is 1.24. The van der Waals surface area contributed by atoms with Crippen molar-refractivity contribution < 1.29 is 0 Å². The van der Waals surface area contributed by atoms with E-state index in [1.807, 2.05) is 0 Å². The molecule has 0 bridgehead atoms. The summed E-state index contributed by atoms with van der Waals surface area (Å²) in [5, 5.41) is 6.12. The van der Waals surface area contributed by atoms with E-state index in [-0.39, 0.29) is 0 Å². The molecule has 0 N–H and O–H groups in total. The van der Waals surface area contributed by atoms with Gasteiger partial charge in [-0.3, -0.25) is 0 Å². The van der Waals surface area contributed by atoms with E-state index in [9.17, 15) is 0 Å². The fourth-order valence-corrected chi connectivity index (χ4v) is 7.37. The highest BCUT2D eigenvalue weighted by Crippen LogP contribution is 2.40. The van der Waals surface area contributed by atoms with E-state index in [2.05, 4.69) is 144 Å². The van der Waals surface area contributed by atoms with Crippen LogP contribution < -0.4 is 0 Å². The molecule has 0 amide bonds. The van der Waals surface area contributed by atoms with Gasteiger partial charge in [-0.1, -0.05) is 91.0 Å². The highest BCUT2D eigenvalue weighted by molar-refractivity contribution is 7.26. The van der Waals surface area contributed by atoms with Crippen molar-refractivity contribution in [3.05, 3.63) is 140 Å². The van der Waals surface area contributed by atoms with Gasteiger partial charge in [0, 0.05) is 37.7 Å². The third kappa shape index (κ3) is 3.52. The molecule has 42 heavy (non-hydrogen) atoms. The molecule has 0 fully saturated rings. The van der Waals surface area contributed by atoms with Crippen LogP contribution in [0.2, 0.25) is 0 Å². The standard InChI is InChI=1S/C38H23N3S/c1-2-10-26-23-27(18-17-24(26)9-1)35-37-36(31-13-5-8-16-34(31)42-37)40-38(39-35)25-19-21-28(22-20-25)41-32-14-6-3-11-29(32)30-12-4-7-15-33(30)41/h1-23H. The van der Waals surface area contributed by atoms with Gasteiger partial charge >= 0.3 is 0 Å². The van der Waals surface area contributed by atoms with Gasteiger partial charge in [-0.15, -0.1) is 11.3 Å². The SMILES string of the molecule is c1ccc2cc(-c3nc(-c4ccc(-n5c6ccccc6c6ccccc65)cc4)nc4c3sc3ccccc34)ccc2c1. The summed E-state index contributed by atoms with van der Waals surface area (Å²) in [5.41, 5.74) is 7.62. The van der Waals surface area contributed by atoms with Crippen LogP contribution in [0.3, 0.4) is 0 Å². The Kier molecular flexibility index (Phi) is 5.07. The predicted molar refractivity (Wildman–Crippen MR) is 178 cm³/mol. The maximum Gasteiger partial charge on any atom is 0.160 e. The lowest BCUT2D eigenvalue weighted by atomic mass is 10.0. The number of fused-ring (bicyclic) bond motifs is 7. The third-order valence-electron chi connectivity index (χ3n) is 8.21. The molecular formula is C38H23N3S. The molecular weight excluding hydrogens is 531 g/mol. The second-order valence-electron chi connectivity index (χ2n) is 10.7. The molecule has 0 aliphatic carbocycles. The normalized spacial score (nSPS) is 11.8. The molecule has 3 heterocycles. The Labute approximate surface area is 246 Å². The lowest BCUT2D eigenvalue weighted by molar-refractivity contribution is 1.17. The Morgan fingerprint density at radius 1 is 0.500 bits per heavy atom. The molecule has 4 heteroatoms. The molecule has 0 spiro atoms. The molecule has 0 saturated heterocycles. The zero-order valence-electron chi connectivity index (χ0n) is 22.5. The molecule has 0 atom stereocenters. The van der Waals surface area contributed by atoms with Gasteiger partial charge in [0.2, 0.25) is 0 Å². The van der Waals surface area contributed by atoms with Crippen molar-refractivity contribution in [3.63, 3.8) is 0 Å². The van der Waals surface area contributed by atoms with Crippen molar-refractivity contribution in [3.8, 4) is 28.3 Å². The van der Waals surface area contributed by atoms with Crippen LogP contribution in [0.5, 0.6) is 0 Å². The van der Waals surface area contributed by atoms with Crippen LogP contribution in [-0.4, -0.2) is 14.5 Å². The van der Waals surface area contributed by atoms with Gasteiger partial charge in [0.15, 0.2) is 5.82 Å². The first-order valence-electron chi connectivity index (χ1n) is 14.1. The minimum atomic E-state index is 0.739. The Bertz CT molecular complexity index is 2410. The van der Waals surface area contributed by atoms with E-state index in [1.165, 1.54) is 42.7 Å². The van der Waals surface area contributed by atoms with Crippen LogP contribution in [0.1, 0.15) is 0 Å². The van der Waals surface area contributed by atoms with E-state index in [0.29, 0.717) is 0 Å². The van der Waals surface area contributed by atoms with Crippen molar-refractivity contribution in [2.75, 3.05) is 0 Å². The first kappa shape index (κ1) is 23.4. The summed E-state index contributed by atoms with van der Waals surface area (Å²) >= 11 is 1.77. The highest BCUT2D eigenvalue weighted by Gasteiger charge is 2.17. The van der Waals surface area contributed by atoms with Crippen LogP contribution in [0.4, 0.5) is 0 Å². The quantitative estimate of drug-likeness (QED) is 0.218. The molecule has 9 rings (SSSR count). The maximum absolute atomic E-state index is 5.23. The molecule has 3 aromatic heterocycles. The fourth-order valence-electron chi connectivity index (χ4n) is 6.21. The van der Waals surface area contributed by atoms with Gasteiger partial charge in [-0.25, -0.2) is 9.97 Å². The molecule has 9 aromatic rings. The third-order valence-corrected chi connectivity index (χ3v) is 9.37. The number of nitrogens with zero attached hydrogens (tertiary/aromatic N) is 3. The Morgan fingerprint density at radius 3 is 1.88 bits per heavy atom. The predicted octanol–water partition coefficient (Wildman–Crippen LogP) is 10.4. The zero-order valence-corrected chi connectivity index (χ0v) is 23.3. The Hall–Kier alpha value is -5.32. The molecule has 0 aliphatic rings. The smallest absolute Gasteiger partial charge is 0.160 e. The summed E-state index contributed by atoms with van der Waals surface area (Å²) < 4.78 is 4.69. The zero-order chi connectivity index (χ0) is 27.6. The number of hydrogen-bond donors (Lipinski definition) is 0. The van der Waals surface area contributed by atoms with Crippen LogP contribution >= 0.6 is 11.3 Å². The molecule has 3 nitrogen and oxygen atoms in total. The van der Waals surface area contributed by atoms with E-state index >= 15 is 0 Å². The summed E-state index contributed by atoms with van der Waals surface area (Å²) in [6.07, 6.45) is 0. The molecule has 196 valence electrons. The van der Waals surface area contributed by atoms with Crippen LogP contribution in [-0.2, 0) is 0 Å². The first-order valence-corrected chi connectivity index (χ1v) is 14.9. The van der Waals surface area contributed by atoms with Crippen LogP contribution in [0.15, 0.2) is 140 Å². The van der Waals surface area contributed by atoms with Gasteiger partial charge in [-0.2, -0.15) is 0 Å². The largest absolute Gasteiger partial charge is 0.309 e. The first-order chi connectivity index (χ1) is 20.8. The number of para-hydroxylation sites is 2. The minimum Gasteiger partial charge on any atom is -0.309 e. The number of rotatable bonds is 3. The van der Waals surface area contributed by atoms with Crippen LogP contribution in [0, 0.1) is 0 Å². The minimum absolute atomic E-state index is 0.739. The molecule has 0 saturated carbocycles. The second-order valence-corrected chi connectivity index (χ2v) is 11.7. The fraction of sp³-hybridized carbons (Fsp3) is 0. The maximum atomic E-state index is 5.23. The average Bonchev–Trinajstić information content (AvgIpc) is 3.60. The Morgan fingerprint density at radius 2 is 1.12 bits per heavy atom. The van der Waals surface area contributed by atoms with E-state index < -0.39 is 0 Å². The molecule has 0 radical (unpaired) electrons. The number of thiophene rings is 1. The number of benzene rings is 6. The van der Waals surface area contributed by atoms with Gasteiger partial charge in [-0.05, 0) is 59.3 Å². The summed E-state index contributed by atoms with van der Waals surface area (Å²) in [7, 11) is 0. The van der Waals surface area contributed by atoms with Crippen molar-refractivity contribution in [1.29, 1.82) is 0 Å². The topological polar surface area (TPSA) is 30.7 Å². The highest BCUT2D eigenvalue weighted by atomic mass is 32.1. The van der Waals surface area contributed by atoms with Gasteiger partial charge in [0.05, 0.1) is 26.9 Å². The molecule has 0 unspecified atom stereocenters. The summed E-state index contributed by atoms with van der Waals surface area (Å²) in [4.78, 5) is 10.4. The number of hydrogen-bond acceptors (Lipinski definition) is 3. The van der Waals surface area contributed by atoms with Crippen molar-refractivity contribution >= 4 is 64.2 Å². The van der Waals surface area contributed by atoms with Gasteiger partial charge in [0.25, 0.3) is 0 Å². The monoisotopic (exact) mass is 553 g/mol. The van der Waals surface area contributed by atoms with Gasteiger partial charge in [0.1, 0.15) is 0 Å². The van der Waals surface area contributed by atoms with Crippen molar-refractivity contribution in [1.82, 2.24) is 14.5 Å². The lowest BCUT2D eigenvalue weighted by Gasteiger charge is -2.10. The van der Waals surface area contributed by atoms with Crippen molar-refractivity contribution in [2.45, 2.75) is 0 Å². The number of aromatic nitrogens is 3. The molecule has 6 aromatic carbocycles. The summed E-state index contributed by atoms with van der Waals surface area (Å²) in [6, 6.07) is 49.5. The van der Waals surface area contributed by atoms with E-state index in [1.54, 1.807) is 11.3 Å². The lowest BCUT2D eigenvalue weighted by Crippen LogP contribution is -1.96. The summed E-state index contributed by atoms with van der Waals surface area (Å²) in [6.45, 7) is 0. The van der Waals surface area contributed by atoms with Crippen molar-refractivity contribution in [2.24, 2.45) is 0 Å². The molecule has 0 aliphatic heterocycles. The summed E-state index contributed by atoms with van der Waals surface area (Å²) in [5.74, 6) is 0.739. The van der Waals surface area contributed by atoms with E-state index in [4.69, 9.17) is 9.97 Å². The average molecular weight is 554 g/mol. The second kappa shape index (κ2) is 9.10. The van der Waals surface area contributed by atoms with E-state index in [0.717, 1.165) is 38.5 Å². The van der Waals surface area contributed by atoms with Crippen LogP contribution in [0.25, 0.3) is 81.2 Å². The van der Waals surface area contributed by atoms with Gasteiger partial charge < -0.3 is 4.57 Å².